The molecule has 1 aliphatic rings. The summed E-state index contributed by atoms with van der Waals surface area (Å²) in [6.07, 6.45) is 1.60. The number of nitrogens with one attached hydrogen (secondary N) is 2. The lowest BCUT2D eigenvalue weighted by Crippen LogP contribution is -2.42. The average molecular weight is 328 g/mol. The van der Waals surface area contributed by atoms with Crippen molar-refractivity contribution >= 4 is 10.0 Å². The molecule has 2 N–H and O–H groups in total. The topological polar surface area (TPSA) is 76.7 Å². The van der Waals surface area contributed by atoms with E-state index < -0.39 is 10.0 Å². The van der Waals surface area contributed by atoms with Crippen LogP contribution in [0.1, 0.15) is 26.7 Å². The van der Waals surface area contributed by atoms with E-state index in [1.807, 2.05) is 13.8 Å². The summed E-state index contributed by atoms with van der Waals surface area (Å²) in [7, 11) is -3.55. The number of sulfonamides is 1. The summed E-state index contributed by atoms with van der Waals surface area (Å²) in [4.78, 5) is 0.206. The molecule has 0 unspecified atom stereocenters. The first-order valence-corrected chi connectivity index (χ1v) is 9.17. The van der Waals surface area contributed by atoms with Crippen LogP contribution in [0.3, 0.4) is 0 Å². The van der Waals surface area contributed by atoms with Gasteiger partial charge in [0, 0.05) is 12.1 Å². The van der Waals surface area contributed by atoms with Crippen LogP contribution in [-0.2, 0) is 10.0 Å². The lowest BCUT2D eigenvalue weighted by atomic mass is 10.1. The Morgan fingerprint density at radius 3 is 2.41 bits per heavy atom. The first-order chi connectivity index (χ1) is 10.6. The van der Waals surface area contributed by atoms with Crippen molar-refractivity contribution in [2.24, 2.45) is 0 Å². The van der Waals surface area contributed by atoms with Crippen LogP contribution in [0.15, 0.2) is 23.1 Å². The zero-order chi connectivity index (χ0) is 16.0. The van der Waals surface area contributed by atoms with Crippen LogP contribution in [0.4, 0.5) is 0 Å². The van der Waals surface area contributed by atoms with E-state index >= 15 is 0 Å². The van der Waals surface area contributed by atoms with Crippen molar-refractivity contribution in [2.75, 3.05) is 26.3 Å². The minimum absolute atomic E-state index is 0.0200. The molecule has 0 aromatic heterocycles. The standard InChI is InChI=1S/C15H24N2O4S/c1-3-20-14-6-5-13(11-15(14)21-4-2)22(18,19)17-12-7-9-16-10-8-12/h5-6,11-12,16-17H,3-4,7-10H2,1-2H3. The van der Waals surface area contributed by atoms with Crippen molar-refractivity contribution in [3.63, 3.8) is 0 Å². The second kappa shape index (κ2) is 7.80. The highest BCUT2D eigenvalue weighted by Crippen LogP contribution is 2.30. The molecule has 0 radical (unpaired) electrons. The smallest absolute Gasteiger partial charge is 0.240 e. The van der Waals surface area contributed by atoms with Gasteiger partial charge in [-0.3, -0.25) is 0 Å². The van der Waals surface area contributed by atoms with Gasteiger partial charge in [-0.1, -0.05) is 0 Å². The first-order valence-electron chi connectivity index (χ1n) is 7.69. The van der Waals surface area contributed by atoms with Crippen LogP contribution in [0.5, 0.6) is 11.5 Å². The second-order valence-electron chi connectivity index (χ2n) is 5.12. The summed E-state index contributed by atoms with van der Waals surface area (Å²) >= 11 is 0. The van der Waals surface area contributed by atoms with Crippen LogP contribution in [-0.4, -0.2) is 40.8 Å². The third kappa shape index (κ3) is 4.34. The van der Waals surface area contributed by atoms with Gasteiger partial charge in [-0.05, 0) is 51.9 Å². The predicted molar refractivity (Wildman–Crippen MR) is 85.0 cm³/mol. The van der Waals surface area contributed by atoms with E-state index in [9.17, 15) is 8.42 Å². The number of hydrogen-bond donors (Lipinski definition) is 2. The molecule has 0 bridgehead atoms. The highest BCUT2D eigenvalue weighted by Gasteiger charge is 2.23. The van der Waals surface area contributed by atoms with Gasteiger partial charge in [-0.15, -0.1) is 0 Å². The molecule has 0 spiro atoms. The van der Waals surface area contributed by atoms with Gasteiger partial charge < -0.3 is 14.8 Å². The van der Waals surface area contributed by atoms with E-state index in [0.717, 1.165) is 25.9 Å². The maximum atomic E-state index is 12.5. The minimum atomic E-state index is -3.55. The maximum absolute atomic E-state index is 12.5. The molecule has 7 heteroatoms. The molecule has 0 saturated carbocycles. The number of hydrogen-bond acceptors (Lipinski definition) is 5. The fourth-order valence-electron chi connectivity index (χ4n) is 2.43. The molecule has 1 aromatic carbocycles. The highest BCUT2D eigenvalue weighted by atomic mass is 32.2. The molecule has 6 nitrogen and oxygen atoms in total. The first kappa shape index (κ1) is 17.1. The van der Waals surface area contributed by atoms with Gasteiger partial charge >= 0.3 is 0 Å². The molecular formula is C15H24N2O4S. The Labute approximate surface area is 132 Å². The molecule has 2 rings (SSSR count). The Kier molecular flexibility index (Phi) is 6.05. The van der Waals surface area contributed by atoms with Crippen molar-refractivity contribution < 1.29 is 17.9 Å². The lowest BCUT2D eigenvalue weighted by Gasteiger charge is -2.23. The zero-order valence-corrected chi connectivity index (χ0v) is 13.9. The van der Waals surface area contributed by atoms with Crippen LogP contribution >= 0.6 is 0 Å². The monoisotopic (exact) mass is 328 g/mol. The third-order valence-electron chi connectivity index (χ3n) is 3.49. The van der Waals surface area contributed by atoms with Gasteiger partial charge in [0.05, 0.1) is 18.1 Å². The molecule has 1 fully saturated rings. The summed E-state index contributed by atoms with van der Waals surface area (Å²) in [6.45, 7) is 6.34. The third-order valence-corrected chi connectivity index (χ3v) is 5.00. The summed E-state index contributed by atoms with van der Waals surface area (Å²) in [5.41, 5.74) is 0. The number of piperidine rings is 1. The molecule has 0 amide bonds. The van der Waals surface area contributed by atoms with Gasteiger partial charge in [0.1, 0.15) is 0 Å². The van der Waals surface area contributed by atoms with E-state index in [0.29, 0.717) is 24.7 Å². The van der Waals surface area contributed by atoms with Crippen molar-refractivity contribution in [1.29, 1.82) is 0 Å². The minimum Gasteiger partial charge on any atom is -0.490 e. The molecule has 0 aliphatic carbocycles. The highest BCUT2D eigenvalue weighted by molar-refractivity contribution is 7.89. The van der Waals surface area contributed by atoms with Crippen molar-refractivity contribution in [2.45, 2.75) is 37.6 Å². The van der Waals surface area contributed by atoms with Crippen LogP contribution in [0.2, 0.25) is 0 Å². The van der Waals surface area contributed by atoms with Crippen molar-refractivity contribution in [3.8, 4) is 11.5 Å². The summed E-state index contributed by atoms with van der Waals surface area (Å²) in [6, 6.07) is 4.70. The van der Waals surface area contributed by atoms with E-state index in [1.165, 1.54) is 6.07 Å². The van der Waals surface area contributed by atoms with Crippen LogP contribution in [0, 0.1) is 0 Å². The van der Waals surface area contributed by atoms with E-state index in [2.05, 4.69) is 10.0 Å². The van der Waals surface area contributed by atoms with Gasteiger partial charge in [-0.25, -0.2) is 13.1 Å². The van der Waals surface area contributed by atoms with Gasteiger partial charge in [0.15, 0.2) is 11.5 Å². The Hall–Kier alpha value is -1.31. The van der Waals surface area contributed by atoms with Gasteiger partial charge in [0.2, 0.25) is 10.0 Å². The Balaban J connectivity index is 2.20. The van der Waals surface area contributed by atoms with Crippen LogP contribution < -0.4 is 19.5 Å². The molecule has 0 atom stereocenters. The normalized spacial score (nSPS) is 16.5. The number of ether oxygens (including phenoxy) is 2. The van der Waals surface area contributed by atoms with E-state index in [1.54, 1.807) is 12.1 Å². The summed E-state index contributed by atoms with van der Waals surface area (Å²) in [5, 5.41) is 3.22. The fraction of sp³-hybridized carbons (Fsp3) is 0.600. The van der Waals surface area contributed by atoms with Crippen molar-refractivity contribution in [1.82, 2.24) is 10.0 Å². The average Bonchev–Trinajstić information content (AvgIpc) is 2.50. The number of rotatable bonds is 7. The van der Waals surface area contributed by atoms with E-state index in [-0.39, 0.29) is 10.9 Å². The lowest BCUT2D eigenvalue weighted by molar-refractivity contribution is 0.287. The van der Waals surface area contributed by atoms with Gasteiger partial charge in [-0.2, -0.15) is 0 Å². The molecule has 22 heavy (non-hydrogen) atoms. The predicted octanol–water partition coefficient (Wildman–Crippen LogP) is 1.51. The molecule has 1 heterocycles. The number of benzene rings is 1. The molecule has 1 aliphatic heterocycles. The fourth-order valence-corrected chi connectivity index (χ4v) is 3.75. The second-order valence-corrected chi connectivity index (χ2v) is 6.83. The SMILES string of the molecule is CCOc1ccc(S(=O)(=O)NC2CCNCC2)cc1OCC. The largest absolute Gasteiger partial charge is 0.490 e. The van der Waals surface area contributed by atoms with Crippen LogP contribution in [0.25, 0.3) is 0 Å². The van der Waals surface area contributed by atoms with Crippen molar-refractivity contribution in [3.05, 3.63) is 18.2 Å². The summed E-state index contributed by atoms with van der Waals surface area (Å²) < 4.78 is 38.7. The molecule has 124 valence electrons. The molecule has 1 saturated heterocycles. The van der Waals surface area contributed by atoms with E-state index in [4.69, 9.17) is 9.47 Å². The Morgan fingerprint density at radius 2 is 1.77 bits per heavy atom. The Bertz CT molecular complexity index is 583. The molecular weight excluding hydrogens is 304 g/mol. The quantitative estimate of drug-likeness (QED) is 0.793. The van der Waals surface area contributed by atoms with Gasteiger partial charge in [0.25, 0.3) is 0 Å². The summed E-state index contributed by atoms with van der Waals surface area (Å²) in [5.74, 6) is 1.02. The zero-order valence-electron chi connectivity index (χ0n) is 13.1. The maximum Gasteiger partial charge on any atom is 0.240 e. The Morgan fingerprint density at radius 1 is 1.14 bits per heavy atom. The molecule has 1 aromatic rings.